The Kier molecular flexibility index (Phi) is 6.29. The van der Waals surface area contributed by atoms with Crippen molar-refractivity contribution in [2.24, 2.45) is 5.92 Å². The largest absolute Gasteiger partial charge is 0.396 e. The molecule has 0 aliphatic rings. The molecule has 0 aromatic heterocycles. The molecule has 0 radical (unpaired) electrons. The van der Waals surface area contributed by atoms with Crippen LogP contribution in [0.2, 0.25) is 0 Å². The minimum Gasteiger partial charge on any atom is -0.396 e. The van der Waals surface area contributed by atoms with E-state index in [1.165, 1.54) is 18.2 Å². The van der Waals surface area contributed by atoms with Crippen molar-refractivity contribution < 1.29 is 14.3 Å². The molecule has 1 atom stereocenters. The smallest absolute Gasteiger partial charge is 0.252 e. The predicted molar refractivity (Wildman–Crippen MR) is 71.9 cm³/mol. The highest BCUT2D eigenvalue weighted by molar-refractivity contribution is 9.10. The number of nitrogens with one attached hydrogen (secondary N) is 1. The lowest BCUT2D eigenvalue weighted by Gasteiger charge is -2.14. The molecule has 0 saturated heterocycles. The molecule has 3 nitrogen and oxygen atoms in total. The first-order valence-corrected chi connectivity index (χ1v) is 6.71. The first-order chi connectivity index (χ1) is 8.58. The lowest BCUT2D eigenvalue weighted by Crippen LogP contribution is -2.29. The lowest BCUT2D eigenvalue weighted by molar-refractivity contribution is 0.0942. The van der Waals surface area contributed by atoms with Gasteiger partial charge >= 0.3 is 0 Å². The van der Waals surface area contributed by atoms with E-state index in [-0.39, 0.29) is 24.2 Å². The van der Waals surface area contributed by atoms with Crippen molar-refractivity contribution in [2.75, 3.05) is 13.2 Å². The molecule has 0 spiro atoms. The lowest BCUT2D eigenvalue weighted by atomic mass is 10.0. The van der Waals surface area contributed by atoms with Gasteiger partial charge in [-0.05, 0) is 46.5 Å². The van der Waals surface area contributed by atoms with Crippen LogP contribution in [0.25, 0.3) is 0 Å². The molecule has 0 bridgehead atoms. The molecule has 0 saturated carbocycles. The second-order valence-corrected chi connectivity index (χ2v) is 4.98. The maximum absolute atomic E-state index is 12.9. The summed E-state index contributed by atoms with van der Waals surface area (Å²) in [6, 6.07) is 3.96. The van der Waals surface area contributed by atoms with Gasteiger partial charge < -0.3 is 10.4 Å². The summed E-state index contributed by atoms with van der Waals surface area (Å²) in [6.07, 6.45) is 1.56. The Balaban J connectivity index is 2.59. The molecular formula is C13H17BrFNO2. The average molecular weight is 318 g/mol. The Labute approximate surface area is 115 Å². The number of hydrogen-bond acceptors (Lipinski definition) is 2. The van der Waals surface area contributed by atoms with Crippen LogP contribution in [0.3, 0.4) is 0 Å². The summed E-state index contributed by atoms with van der Waals surface area (Å²) in [5.41, 5.74) is 0.412. The Hall–Kier alpha value is -0.940. The van der Waals surface area contributed by atoms with E-state index < -0.39 is 0 Å². The molecule has 5 heteroatoms. The fraction of sp³-hybridized carbons (Fsp3) is 0.462. The van der Waals surface area contributed by atoms with Gasteiger partial charge in [0.1, 0.15) is 5.82 Å². The van der Waals surface area contributed by atoms with E-state index in [4.69, 9.17) is 5.11 Å². The molecule has 1 amide bonds. The molecule has 1 unspecified atom stereocenters. The van der Waals surface area contributed by atoms with Crippen molar-refractivity contribution in [3.05, 3.63) is 34.1 Å². The monoisotopic (exact) mass is 317 g/mol. The molecule has 1 rings (SSSR count). The summed E-state index contributed by atoms with van der Waals surface area (Å²) in [6.45, 7) is 2.65. The standard InChI is InChI=1S/C13H17BrFNO2/c1-2-9(5-6-17)8-16-13(18)11-4-3-10(15)7-12(11)14/h3-4,7,9,17H,2,5-6,8H2,1H3,(H,16,18). The van der Waals surface area contributed by atoms with E-state index >= 15 is 0 Å². The number of aliphatic hydroxyl groups excluding tert-OH is 1. The summed E-state index contributed by atoms with van der Waals surface area (Å²) in [5.74, 6) is -0.360. The van der Waals surface area contributed by atoms with Gasteiger partial charge in [0.2, 0.25) is 0 Å². The molecular weight excluding hydrogens is 301 g/mol. The summed E-state index contributed by atoms with van der Waals surface area (Å²) in [7, 11) is 0. The van der Waals surface area contributed by atoms with Crippen LogP contribution in [0.4, 0.5) is 4.39 Å². The Morgan fingerprint density at radius 3 is 2.83 bits per heavy atom. The summed E-state index contributed by atoms with van der Waals surface area (Å²) >= 11 is 3.16. The maximum atomic E-state index is 12.9. The van der Waals surface area contributed by atoms with Gasteiger partial charge in [0, 0.05) is 17.6 Å². The molecule has 0 aliphatic carbocycles. The fourth-order valence-electron chi connectivity index (χ4n) is 1.64. The first-order valence-electron chi connectivity index (χ1n) is 5.92. The number of benzene rings is 1. The number of rotatable bonds is 6. The zero-order valence-corrected chi connectivity index (χ0v) is 11.8. The Morgan fingerprint density at radius 1 is 1.56 bits per heavy atom. The molecule has 1 aromatic rings. The summed E-state index contributed by atoms with van der Waals surface area (Å²) in [5, 5.41) is 11.7. The van der Waals surface area contributed by atoms with Gasteiger partial charge in [0.15, 0.2) is 0 Å². The van der Waals surface area contributed by atoms with Crippen molar-refractivity contribution in [3.8, 4) is 0 Å². The van der Waals surface area contributed by atoms with Crippen LogP contribution in [0.1, 0.15) is 30.1 Å². The van der Waals surface area contributed by atoms with E-state index in [1.54, 1.807) is 0 Å². The van der Waals surface area contributed by atoms with Gasteiger partial charge in [-0.15, -0.1) is 0 Å². The molecule has 18 heavy (non-hydrogen) atoms. The second kappa shape index (κ2) is 7.48. The van der Waals surface area contributed by atoms with Crippen LogP contribution in [0.5, 0.6) is 0 Å². The van der Waals surface area contributed by atoms with Crippen LogP contribution >= 0.6 is 15.9 Å². The topological polar surface area (TPSA) is 49.3 Å². The van der Waals surface area contributed by atoms with Gasteiger partial charge in [-0.3, -0.25) is 4.79 Å². The van der Waals surface area contributed by atoms with E-state index in [1.807, 2.05) is 6.92 Å². The Bertz CT molecular complexity index is 412. The van der Waals surface area contributed by atoms with Gasteiger partial charge in [0.05, 0.1) is 5.56 Å². The number of carbonyl (C=O) groups excluding carboxylic acids is 1. The number of hydrogen-bond donors (Lipinski definition) is 2. The SMILES string of the molecule is CCC(CCO)CNC(=O)c1ccc(F)cc1Br. The zero-order valence-electron chi connectivity index (χ0n) is 10.2. The Morgan fingerprint density at radius 2 is 2.28 bits per heavy atom. The molecule has 0 aliphatic heterocycles. The van der Waals surface area contributed by atoms with Crippen LogP contribution in [-0.4, -0.2) is 24.2 Å². The quantitative estimate of drug-likeness (QED) is 0.847. The number of aliphatic hydroxyl groups is 1. The molecule has 2 N–H and O–H groups in total. The van der Waals surface area contributed by atoms with Gasteiger partial charge in [-0.2, -0.15) is 0 Å². The zero-order chi connectivity index (χ0) is 13.5. The second-order valence-electron chi connectivity index (χ2n) is 4.12. The normalized spacial score (nSPS) is 12.2. The highest BCUT2D eigenvalue weighted by atomic mass is 79.9. The third-order valence-electron chi connectivity index (χ3n) is 2.84. The molecule has 0 fully saturated rings. The number of amides is 1. The van der Waals surface area contributed by atoms with Crippen molar-refractivity contribution in [1.82, 2.24) is 5.32 Å². The van der Waals surface area contributed by atoms with Crippen LogP contribution < -0.4 is 5.32 Å². The first kappa shape index (κ1) is 15.1. The average Bonchev–Trinajstić information content (AvgIpc) is 2.34. The minimum absolute atomic E-state index is 0.120. The van der Waals surface area contributed by atoms with Crippen molar-refractivity contribution in [3.63, 3.8) is 0 Å². The molecule has 0 heterocycles. The number of carbonyl (C=O) groups is 1. The van der Waals surface area contributed by atoms with E-state index in [0.717, 1.165) is 6.42 Å². The van der Waals surface area contributed by atoms with E-state index in [0.29, 0.717) is 23.0 Å². The van der Waals surface area contributed by atoms with Crippen molar-refractivity contribution in [2.45, 2.75) is 19.8 Å². The van der Waals surface area contributed by atoms with E-state index in [2.05, 4.69) is 21.2 Å². The van der Waals surface area contributed by atoms with Crippen LogP contribution in [-0.2, 0) is 0 Å². The van der Waals surface area contributed by atoms with Crippen LogP contribution in [0, 0.1) is 11.7 Å². The summed E-state index contributed by atoms with van der Waals surface area (Å²) < 4.78 is 13.3. The van der Waals surface area contributed by atoms with Crippen molar-refractivity contribution >= 4 is 21.8 Å². The number of halogens is 2. The fourth-order valence-corrected chi connectivity index (χ4v) is 2.17. The van der Waals surface area contributed by atoms with Gasteiger partial charge in [-0.1, -0.05) is 13.3 Å². The van der Waals surface area contributed by atoms with Crippen molar-refractivity contribution in [1.29, 1.82) is 0 Å². The third kappa shape index (κ3) is 4.38. The maximum Gasteiger partial charge on any atom is 0.252 e. The van der Waals surface area contributed by atoms with Crippen LogP contribution in [0.15, 0.2) is 22.7 Å². The molecule has 100 valence electrons. The van der Waals surface area contributed by atoms with E-state index in [9.17, 15) is 9.18 Å². The van der Waals surface area contributed by atoms with Gasteiger partial charge in [-0.25, -0.2) is 4.39 Å². The highest BCUT2D eigenvalue weighted by Gasteiger charge is 2.12. The summed E-state index contributed by atoms with van der Waals surface area (Å²) in [4.78, 5) is 11.9. The minimum atomic E-state index is -0.384. The molecule has 1 aromatic carbocycles. The predicted octanol–water partition coefficient (Wildman–Crippen LogP) is 2.73. The highest BCUT2D eigenvalue weighted by Crippen LogP contribution is 2.18. The third-order valence-corrected chi connectivity index (χ3v) is 3.50. The van der Waals surface area contributed by atoms with Gasteiger partial charge in [0.25, 0.3) is 5.91 Å².